The van der Waals surface area contributed by atoms with E-state index in [1.165, 1.54) is 6.92 Å². The van der Waals surface area contributed by atoms with Crippen LogP contribution in [0.3, 0.4) is 0 Å². The number of hydrogen-bond acceptors (Lipinski definition) is 6. The Kier molecular flexibility index (Phi) is 7.71. The van der Waals surface area contributed by atoms with Gasteiger partial charge in [0, 0.05) is 43.8 Å². The fourth-order valence-corrected chi connectivity index (χ4v) is 4.31. The number of piperidine rings is 1. The van der Waals surface area contributed by atoms with Crippen molar-refractivity contribution >= 4 is 23.6 Å². The lowest BCUT2D eigenvalue weighted by molar-refractivity contribution is 0.0183. The molecule has 0 spiro atoms. The predicted octanol–water partition coefficient (Wildman–Crippen LogP) is 5.12. The van der Waals surface area contributed by atoms with Gasteiger partial charge in [-0.25, -0.2) is 14.8 Å². The molecule has 1 saturated heterocycles. The molecule has 9 nitrogen and oxygen atoms in total. The number of hydrogen-bond donors (Lipinski definition) is 2. The number of ketones is 1. The molecular weight excluding hydrogens is 470 g/mol. The van der Waals surface area contributed by atoms with Gasteiger partial charge in [0.05, 0.1) is 5.69 Å². The number of amides is 2. The number of ether oxygens (including phenoxy) is 1. The molecule has 194 valence electrons. The molecule has 0 aliphatic carbocycles. The summed E-state index contributed by atoms with van der Waals surface area (Å²) in [5.74, 6) is 1.19. The van der Waals surface area contributed by atoms with Crippen molar-refractivity contribution in [2.75, 3.05) is 18.4 Å². The molecule has 4 rings (SSSR count). The van der Waals surface area contributed by atoms with Crippen molar-refractivity contribution in [2.24, 2.45) is 5.92 Å². The summed E-state index contributed by atoms with van der Waals surface area (Å²) in [6, 6.07) is 12.3. The van der Waals surface area contributed by atoms with Gasteiger partial charge < -0.3 is 19.9 Å². The van der Waals surface area contributed by atoms with Crippen LogP contribution in [0.25, 0.3) is 11.3 Å². The quantitative estimate of drug-likeness (QED) is 0.451. The average molecular weight is 504 g/mol. The number of carbonyl (C=O) groups excluding carboxylic acids is 3. The molecule has 1 fully saturated rings. The van der Waals surface area contributed by atoms with Crippen LogP contribution in [0.15, 0.2) is 48.7 Å². The molecule has 1 aliphatic heterocycles. The number of benzene rings is 1. The molecule has 9 heteroatoms. The zero-order valence-corrected chi connectivity index (χ0v) is 21.7. The first-order valence-corrected chi connectivity index (χ1v) is 12.5. The van der Waals surface area contributed by atoms with E-state index in [9.17, 15) is 14.4 Å². The fourth-order valence-electron chi connectivity index (χ4n) is 4.31. The molecule has 3 aromatic rings. The van der Waals surface area contributed by atoms with Crippen LogP contribution in [-0.4, -0.2) is 56.3 Å². The second kappa shape index (κ2) is 10.9. The second-order valence-corrected chi connectivity index (χ2v) is 10.3. The summed E-state index contributed by atoms with van der Waals surface area (Å²) in [5.41, 5.74) is 1.74. The molecule has 0 unspecified atom stereocenters. The first kappa shape index (κ1) is 26.1. The van der Waals surface area contributed by atoms with Gasteiger partial charge in [-0.3, -0.25) is 9.59 Å². The van der Waals surface area contributed by atoms with E-state index in [4.69, 9.17) is 9.72 Å². The summed E-state index contributed by atoms with van der Waals surface area (Å²) < 4.78 is 5.48. The molecule has 1 aliphatic rings. The normalized spacial score (nSPS) is 14.3. The van der Waals surface area contributed by atoms with Gasteiger partial charge in [-0.2, -0.15) is 0 Å². The zero-order chi connectivity index (χ0) is 26.6. The third kappa shape index (κ3) is 6.81. The number of likely N-dealkylation sites (tertiary alicyclic amines) is 1. The monoisotopic (exact) mass is 503 g/mol. The van der Waals surface area contributed by atoms with Crippen molar-refractivity contribution in [3.8, 4) is 11.3 Å². The minimum absolute atomic E-state index is 0.106. The van der Waals surface area contributed by atoms with Gasteiger partial charge >= 0.3 is 6.09 Å². The van der Waals surface area contributed by atoms with Crippen molar-refractivity contribution in [1.29, 1.82) is 0 Å². The summed E-state index contributed by atoms with van der Waals surface area (Å²) in [5, 5.41) is 2.76. The van der Waals surface area contributed by atoms with Crippen LogP contribution in [0.1, 0.15) is 67.2 Å². The van der Waals surface area contributed by atoms with Gasteiger partial charge in [0.2, 0.25) is 0 Å². The van der Waals surface area contributed by atoms with Crippen molar-refractivity contribution in [3.05, 3.63) is 65.7 Å². The Labute approximate surface area is 216 Å². The molecule has 3 heterocycles. The molecule has 0 radical (unpaired) electrons. The van der Waals surface area contributed by atoms with Crippen LogP contribution < -0.4 is 5.32 Å². The van der Waals surface area contributed by atoms with Crippen LogP contribution in [0.2, 0.25) is 0 Å². The maximum Gasteiger partial charge on any atom is 0.410 e. The van der Waals surface area contributed by atoms with Gasteiger partial charge in [-0.1, -0.05) is 18.2 Å². The number of rotatable bonds is 6. The van der Waals surface area contributed by atoms with Gasteiger partial charge in [-0.05, 0) is 63.8 Å². The smallest absolute Gasteiger partial charge is 0.410 e. The molecule has 37 heavy (non-hydrogen) atoms. The van der Waals surface area contributed by atoms with E-state index in [-0.39, 0.29) is 17.8 Å². The predicted molar refractivity (Wildman–Crippen MR) is 140 cm³/mol. The standard InChI is InChI=1S/C28H33N5O4/c1-18(34)24-25(20-8-10-21(11-9-20)26(35)32-22-7-5-6-14-29-22)31-23(30-24)17-19-12-15-33(16-13-19)27(36)37-28(2,3)4/h5-11,14,19H,12-13,15-17H2,1-4H3,(H,30,31)(H,29,32,35). The van der Waals surface area contributed by atoms with Gasteiger partial charge in [0.1, 0.15) is 22.9 Å². The highest BCUT2D eigenvalue weighted by molar-refractivity contribution is 6.04. The fraction of sp³-hybridized carbons (Fsp3) is 0.393. The minimum atomic E-state index is -0.511. The zero-order valence-electron chi connectivity index (χ0n) is 21.7. The molecule has 0 saturated carbocycles. The first-order chi connectivity index (χ1) is 17.6. The van der Waals surface area contributed by atoms with Crippen molar-refractivity contribution < 1.29 is 19.1 Å². The highest BCUT2D eigenvalue weighted by Crippen LogP contribution is 2.27. The molecular formula is C28H33N5O4. The highest BCUT2D eigenvalue weighted by atomic mass is 16.6. The Morgan fingerprint density at radius 3 is 2.38 bits per heavy atom. The number of Topliss-reactive ketones (excluding diaryl/α,β-unsaturated/α-hetero) is 1. The second-order valence-electron chi connectivity index (χ2n) is 10.3. The molecule has 0 atom stereocenters. The van der Waals surface area contributed by atoms with E-state index in [0.717, 1.165) is 24.2 Å². The summed E-state index contributed by atoms with van der Waals surface area (Å²) in [6.45, 7) is 8.37. The Bertz CT molecular complexity index is 1250. The molecule has 2 amide bonds. The van der Waals surface area contributed by atoms with E-state index < -0.39 is 5.60 Å². The number of nitrogens with zero attached hydrogens (tertiary/aromatic N) is 3. The maximum absolute atomic E-state index is 12.5. The average Bonchev–Trinajstić information content (AvgIpc) is 3.28. The van der Waals surface area contributed by atoms with Crippen molar-refractivity contribution in [2.45, 2.75) is 52.6 Å². The summed E-state index contributed by atoms with van der Waals surface area (Å²) in [7, 11) is 0. The number of carbonyl (C=O) groups is 3. The minimum Gasteiger partial charge on any atom is -0.444 e. The van der Waals surface area contributed by atoms with Crippen LogP contribution >= 0.6 is 0 Å². The van der Waals surface area contributed by atoms with Crippen LogP contribution in [0.4, 0.5) is 10.6 Å². The maximum atomic E-state index is 12.5. The Balaban J connectivity index is 1.41. The number of aromatic nitrogens is 3. The van der Waals surface area contributed by atoms with E-state index in [0.29, 0.717) is 48.2 Å². The van der Waals surface area contributed by atoms with Crippen molar-refractivity contribution in [3.63, 3.8) is 0 Å². The number of imidazole rings is 1. The lowest BCUT2D eigenvalue weighted by Gasteiger charge is -2.33. The van der Waals surface area contributed by atoms with E-state index in [1.54, 1.807) is 53.6 Å². The van der Waals surface area contributed by atoms with Crippen LogP contribution in [0, 0.1) is 5.92 Å². The van der Waals surface area contributed by atoms with Crippen LogP contribution in [-0.2, 0) is 11.2 Å². The highest BCUT2D eigenvalue weighted by Gasteiger charge is 2.28. The summed E-state index contributed by atoms with van der Waals surface area (Å²) in [6.07, 6.45) is 3.70. The Hall–Kier alpha value is -4.01. The lowest BCUT2D eigenvalue weighted by Crippen LogP contribution is -2.42. The van der Waals surface area contributed by atoms with E-state index in [1.807, 2.05) is 20.8 Å². The molecule has 2 aromatic heterocycles. The number of H-pyrrole nitrogens is 1. The van der Waals surface area contributed by atoms with E-state index in [2.05, 4.69) is 15.3 Å². The number of pyridine rings is 1. The first-order valence-electron chi connectivity index (χ1n) is 12.5. The van der Waals surface area contributed by atoms with Crippen LogP contribution in [0.5, 0.6) is 0 Å². The van der Waals surface area contributed by atoms with Gasteiger partial charge in [-0.15, -0.1) is 0 Å². The third-order valence-electron chi connectivity index (χ3n) is 6.18. The SMILES string of the molecule is CC(=O)c1[nH]c(CC2CCN(C(=O)OC(C)(C)C)CC2)nc1-c1ccc(C(=O)Nc2ccccn2)cc1. The lowest BCUT2D eigenvalue weighted by atomic mass is 9.93. The van der Waals surface area contributed by atoms with Gasteiger partial charge in [0.15, 0.2) is 5.78 Å². The Morgan fingerprint density at radius 2 is 1.78 bits per heavy atom. The summed E-state index contributed by atoms with van der Waals surface area (Å²) in [4.78, 5) is 51.0. The molecule has 0 bridgehead atoms. The topological polar surface area (TPSA) is 117 Å². The van der Waals surface area contributed by atoms with Crippen molar-refractivity contribution in [1.82, 2.24) is 19.9 Å². The van der Waals surface area contributed by atoms with Gasteiger partial charge in [0.25, 0.3) is 5.91 Å². The van der Waals surface area contributed by atoms with E-state index >= 15 is 0 Å². The largest absolute Gasteiger partial charge is 0.444 e. The number of aromatic amines is 1. The molecule has 2 N–H and O–H groups in total. The number of nitrogens with one attached hydrogen (secondary N) is 2. The number of anilines is 1. The summed E-state index contributed by atoms with van der Waals surface area (Å²) >= 11 is 0. The molecule has 1 aromatic carbocycles. The Morgan fingerprint density at radius 1 is 1.08 bits per heavy atom. The third-order valence-corrected chi connectivity index (χ3v) is 6.18.